The van der Waals surface area contributed by atoms with Crippen LogP contribution in [0.25, 0.3) is 0 Å². The second-order valence-corrected chi connectivity index (χ2v) is 2.51. The molecule has 0 rings (SSSR count). The topological polar surface area (TPSA) is 0 Å². The van der Waals surface area contributed by atoms with Gasteiger partial charge in [0, 0.05) is 12.8 Å². The monoisotopic (exact) mass is 172 g/mol. The normalized spacial score (nSPS) is 13.6. The molecule has 0 heterocycles. The third kappa shape index (κ3) is 2.34. The molecule has 0 bridgehead atoms. The molecule has 0 aliphatic rings. The summed E-state index contributed by atoms with van der Waals surface area (Å²) in [6, 6.07) is 0. The molecule has 0 radical (unpaired) electrons. The van der Waals surface area contributed by atoms with Gasteiger partial charge in [-0.15, -0.1) is 0 Å². The first kappa shape index (κ1) is 10.7. The summed E-state index contributed by atoms with van der Waals surface area (Å²) in [5.41, 5.74) is 0. The predicted molar refractivity (Wildman–Crippen MR) is 35.1 cm³/mol. The van der Waals surface area contributed by atoms with E-state index in [1.807, 2.05) is 0 Å². The molecule has 68 valence electrons. The highest BCUT2D eigenvalue weighted by atomic mass is 19.3. The van der Waals surface area contributed by atoms with Gasteiger partial charge in [-0.2, -0.15) is 17.6 Å². The minimum atomic E-state index is -3.84. The number of hydrogen-bond donors (Lipinski definition) is 0. The standard InChI is InChI=1S/C7H12F4/c1-3-5-7(10,11)6(8,9)4-2/h3-5H2,1-2H3. The lowest BCUT2D eigenvalue weighted by molar-refractivity contribution is -0.212. The molecule has 0 nitrogen and oxygen atoms in total. The first-order valence-corrected chi connectivity index (χ1v) is 3.63. The Morgan fingerprint density at radius 3 is 1.64 bits per heavy atom. The fourth-order valence-corrected chi connectivity index (χ4v) is 0.755. The zero-order chi connectivity index (χ0) is 9.12. The van der Waals surface area contributed by atoms with E-state index < -0.39 is 24.7 Å². The van der Waals surface area contributed by atoms with Gasteiger partial charge in [-0.25, -0.2) is 0 Å². The number of halogens is 4. The van der Waals surface area contributed by atoms with Crippen LogP contribution < -0.4 is 0 Å². The number of alkyl halides is 4. The molecule has 0 fully saturated rings. The van der Waals surface area contributed by atoms with Crippen LogP contribution in [0.1, 0.15) is 33.1 Å². The molecule has 4 heteroatoms. The van der Waals surface area contributed by atoms with Crippen LogP contribution in [0, 0.1) is 0 Å². The van der Waals surface area contributed by atoms with E-state index in [2.05, 4.69) is 0 Å². The van der Waals surface area contributed by atoms with Crippen molar-refractivity contribution in [1.29, 1.82) is 0 Å². The molecular formula is C7H12F4. The van der Waals surface area contributed by atoms with E-state index in [0.29, 0.717) is 0 Å². The highest BCUT2D eigenvalue weighted by Gasteiger charge is 2.53. The van der Waals surface area contributed by atoms with Gasteiger partial charge in [0.1, 0.15) is 0 Å². The number of rotatable bonds is 4. The van der Waals surface area contributed by atoms with Gasteiger partial charge in [0.2, 0.25) is 0 Å². The van der Waals surface area contributed by atoms with Gasteiger partial charge in [0.05, 0.1) is 0 Å². The van der Waals surface area contributed by atoms with Gasteiger partial charge >= 0.3 is 11.8 Å². The molecule has 0 aromatic heterocycles. The Morgan fingerprint density at radius 2 is 1.36 bits per heavy atom. The van der Waals surface area contributed by atoms with Gasteiger partial charge in [0.15, 0.2) is 0 Å². The molecule has 0 saturated heterocycles. The summed E-state index contributed by atoms with van der Waals surface area (Å²) >= 11 is 0. The van der Waals surface area contributed by atoms with Crippen LogP contribution in [-0.4, -0.2) is 11.8 Å². The Hall–Kier alpha value is -0.280. The van der Waals surface area contributed by atoms with Crippen molar-refractivity contribution >= 4 is 0 Å². The Balaban J connectivity index is 4.26. The van der Waals surface area contributed by atoms with E-state index in [9.17, 15) is 17.6 Å². The Morgan fingerprint density at radius 1 is 0.909 bits per heavy atom. The van der Waals surface area contributed by atoms with Gasteiger partial charge in [-0.1, -0.05) is 20.3 Å². The molecule has 11 heavy (non-hydrogen) atoms. The summed E-state index contributed by atoms with van der Waals surface area (Å²) in [5, 5.41) is 0. The molecule has 0 unspecified atom stereocenters. The van der Waals surface area contributed by atoms with Crippen molar-refractivity contribution in [3.05, 3.63) is 0 Å². The summed E-state index contributed by atoms with van der Waals surface area (Å²) < 4.78 is 49.6. The molecule has 0 spiro atoms. The Bertz CT molecular complexity index is 120. The van der Waals surface area contributed by atoms with Crippen molar-refractivity contribution in [1.82, 2.24) is 0 Å². The van der Waals surface area contributed by atoms with Gasteiger partial charge in [-0.3, -0.25) is 0 Å². The van der Waals surface area contributed by atoms with Gasteiger partial charge in [-0.05, 0) is 0 Å². The molecule has 0 aliphatic carbocycles. The van der Waals surface area contributed by atoms with Crippen LogP contribution in [0.3, 0.4) is 0 Å². The molecule has 0 aromatic carbocycles. The Kier molecular flexibility index (Phi) is 3.32. The molecule has 0 aliphatic heterocycles. The molecule has 0 saturated carbocycles. The average molecular weight is 172 g/mol. The smallest absolute Gasteiger partial charge is 0.200 e. The predicted octanol–water partition coefficient (Wildman–Crippen LogP) is 3.47. The minimum absolute atomic E-state index is 0.0720. The zero-order valence-electron chi connectivity index (χ0n) is 6.63. The SMILES string of the molecule is CCCC(F)(F)C(F)(F)CC. The lowest BCUT2D eigenvalue weighted by Crippen LogP contribution is -2.39. The molecule has 0 amide bonds. The minimum Gasteiger partial charge on any atom is -0.200 e. The van der Waals surface area contributed by atoms with E-state index in [1.165, 1.54) is 6.92 Å². The summed E-state index contributed by atoms with van der Waals surface area (Å²) in [7, 11) is 0. The lowest BCUT2D eigenvalue weighted by atomic mass is 10.1. The van der Waals surface area contributed by atoms with Crippen LogP contribution in [0.2, 0.25) is 0 Å². The molecule has 0 aromatic rings. The van der Waals surface area contributed by atoms with Crippen LogP contribution in [-0.2, 0) is 0 Å². The largest absolute Gasteiger partial charge is 0.310 e. The summed E-state index contributed by atoms with van der Waals surface area (Å²) in [6.45, 7) is 2.52. The fraction of sp³-hybridized carbons (Fsp3) is 1.00. The van der Waals surface area contributed by atoms with Crippen molar-refractivity contribution in [3.63, 3.8) is 0 Å². The first-order chi connectivity index (χ1) is 4.87. The second-order valence-electron chi connectivity index (χ2n) is 2.51. The van der Waals surface area contributed by atoms with Crippen molar-refractivity contribution in [3.8, 4) is 0 Å². The third-order valence-corrected chi connectivity index (χ3v) is 1.54. The maximum Gasteiger partial charge on any atom is 0.310 e. The summed E-state index contributed by atoms with van der Waals surface area (Å²) in [4.78, 5) is 0. The van der Waals surface area contributed by atoms with Crippen LogP contribution in [0.4, 0.5) is 17.6 Å². The molecular weight excluding hydrogens is 160 g/mol. The van der Waals surface area contributed by atoms with E-state index in [1.54, 1.807) is 0 Å². The van der Waals surface area contributed by atoms with E-state index in [0.717, 1.165) is 6.92 Å². The van der Waals surface area contributed by atoms with E-state index >= 15 is 0 Å². The first-order valence-electron chi connectivity index (χ1n) is 3.63. The average Bonchev–Trinajstić information content (AvgIpc) is 1.87. The summed E-state index contributed by atoms with van der Waals surface area (Å²) in [5.74, 6) is -7.68. The van der Waals surface area contributed by atoms with Crippen molar-refractivity contribution in [2.75, 3.05) is 0 Å². The van der Waals surface area contributed by atoms with E-state index in [-0.39, 0.29) is 6.42 Å². The van der Waals surface area contributed by atoms with Crippen LogP contribution in [0.5, 0.6) is 0 Å². The van der Waals surface area contributed by atoms with Crippen LogP contribution >= 0.6 is 0 Å². The zero-order valence-corrected chi connectivity index (χ0v) is 6.63. The maximum absolute atomic E-state index is 12.5. The summed E-state index contributed by atoms with van der Waals surface area (Å²) in [6.07, 6.45) is -1.48. The number of hydrogen-bond acceptors (Lipinski definition) is 0. The lowest BCUT2D eigenvalue weighted by Gasteiger charge is -2.24. The van der Waals surface area contributed by atoms with Crippen molar-refractivity contribution in [2.24, 2.45) is 0 Å². The second kappa shape index (κ2) is 3.41. The van der Waals surface area contributed by atoms with Crippen LogP contribution in [0.15, 0.2) is 0 Å². The highest BCUT2D eigenvalue weighted by molar-refractivity contribution is 4.82. The molecule has 0 N–H and O–H groups in total. The fourth-order valence-electron chi connectivity index (χ4n) is 0.755. The highest BCUT2D eigenvalue weighted by Crippen LogP contribution is 2.39. The Labute approximate surface area is 63.6 Å². The quantitative estimate of drug-likeness (QED) is 0.569. The van der Waals surface area contributed by atoms with Gasteiger partial charge in [0.25, 0.3) is 0 Å². The van der Waals surface area contributed by atoms with Crippen molar-refractivity contribution < 1.29 is 17.6 Å². The van der Waals surface area contributed by atoms with Gasteiger partial charge < -0.3 is 0 Å². The van der Waals surface area contributed by atoms with E-state index in [4.69, 9.17) is 0 Å². The molecule has 0 atom stereocenters. The van der Waals surface area contributed by atoms with Crippen molar-refractivity contribution in [2.45, 2.75) is 45.0 Å². The maximum atomic E-state index is 12.5. The third-order valence-electron chi connectivity index (χ3n) is 1.54.